The number of Topliss-reactive ketones (excluding diaryl/α,β-unsaturated/α-hetero) is 1. The van der Waals surface area contributed by atoms with E-state index in [1.807, 2.05) is 0 Å². The van der Waals surface area contributed by atoms with Crippen LogP contribution in [-0.2, 0) is 4.79 Å². The van der Waals surface area contributed by atoms with Gasteiger partial charge in [-0.3, -0.25) is 4.79 Å². The zero-order valence-corrected chi connectivity index (χ0v) is 9.58. The Kier molecular flexibility index (Phi) is 3.99. The van der Waals surface area contributed by atoms with Gasteiger partial charge in [-0.15, -0.1) is 0 Å². The average Bonchev–Trinajstić information content (AvgIpc) is 2.18. The maximum atomic E-state index is 12.0. The van der Waals surface area contributed by atoms with Crippen LogP contribution in [0.1, 0.15) is 57.8 Å². The fourth-order valence-corrected chi connectivity index (χ4v) is 2.99. The molecule has 84 valence electrons. The molecule has 0 unspecified atom stereocenters. The quantitative estimate of drug-likeness (QED) is 0.550. The maximum absolute atomic E-state index is 12.0. The Labute approximate surface area is 92.9 Å². The molecule has 1 heteroatoms. The molecule has 0 aromatic rings. The van der Waals surface area contributed by atoms with Crippen molar-refractivity contribution in [3.63, 3.8) is 0 Å². The van der Waals surface area contributed by atoms with Crippen molar-refractivity contribution in [2.24, 2.45) is 11.8 Å². The number of allylic oxidation sites excluding steroid dienone is 2. The van der Waals surface area contributed by atoms with E-state index in [9.17, 15) is 4.79 Å². The lowest BCUT2D eigenvalue weighted by atomic mass is 9.77. The summed E-state index contributed by atoms with van der Waals surface area (Å²) in [5, 5.41) is 0. The Morgan fingerprint density at radius 3 is 2.67 bits per heavy atom. The van der Waals surface area contributed by atoms with Gasteiger partial charge in [0.25, 0.3) is 0 Å². The van der Waals surface area contributed by atoms with Gasteiger partial charge < -0.3 is 0 Å². The Morgan fingerprint density at radius 1 is 1.00 bits per heavy atom. The molecule has 1 fully saturated rings. The third-order valence-electron chi connectivity index (χ3n) is 3.91. The average molecular weight is 206 g/mol. The van der Waals surface area contributed by atoms with Gasteiger partial charge in [-0.25, -0.2) is 0 Å². The first-order valence-electron chi connectivity index (χ1n) is 6.57. The maximum Gasteiger partial charge on any atom is 0.136 e. The van der Waals surface area contributed by atoms with E-state index in [2.05, 4.69) is 12.2 Å². The minimum Gasteiger partial charge on any atom is -0.299 e. The molecule has 2 aliphatic carbocycles. The van der Waals surface area contributed by atoms with E-state index in [0.717, 1.165) is 25.7 Å². The summed E-state index contributed by atoms with van der Waals surface area (Å²) >= 11 is 0. The fraction of sp³-hybridized carbons (Fsp3) is 0.786. The van der Waals surface area contributed by atoms with Crippen LogP contribution in [0.3, 0.4) is 0 Å². The van der Waals surface area contributed by atoms with Gasteiger partial charge in [0.1, 0.15) is 5.78 Å². The number of fused-ring (bicyclic) bond motifs is 1. The first-order valence-corrected chi connectivity index (χ1v) is 6.57. The van der Waals surface area contributed by atoms with Crippen LogP contribution in [0.2, 0.25) is 0 Å². The summed E-state index contributed by atoms with van der Waals surface area (Å²) in [6.45, 7) is 0. The van der Waals surface area contributed by atoms with E-state index in [0.29, 0.717) is 17.6 Å². The zero-order valence-electron chi connectivity index (χ0n) is 9.58. The van der Waals surface area contributed by atoms with Gasteiger partial charge in [0.15, 0.2) is 0 Å². The van der Waals surface area contributed by atoms with Crippen LogP contribution in [0.25, 0.3) is 0 Å². The topological polar surface area (TPSA) is 17.1 Å². The Morgan fingerprint density at radius 2 is 1.80 bits per heavy atom. The lowest BCUT2D eigenvalue weighted by Gasteiger charge is -2.27. The van der Waals surface area contributed by atoms with Crippen molar-refractivity contribution in [2.75, 3.05) is 0 Å². The van der Waals surface area contributed by atoms with E-state index < -0.39 is 0 Å². The van der Waals surface area contributed by atoms with Crippen molar-refractivity contribution in [1.82, 2.24) is 0 Å². The normalized spacial score (nSPS) is 33.5. The van der Waals surface area contributed by atoms with Crippen LogP contribution in [0.15, 0.2) is 12.2 Å². The van der Waals surface area contributed by atoms with Gasteiger partial charge in [-0.2, -0.15) is 0 Å². The van der Waals surface area contributed by atoms with E-state index in [4.69, 9.17) is 0 Å². The van der Waals surface area contributed by atoms with E-state index >= 15 is 0 Å². The first kappa shape index (κ1) is 10.9. The molecule has 0 aromatic carbocycles. The van der Waals surface area contributed by atoms with Crippen LogP contribution in [0.5, 0.6) is 0 Å². The Bertz CT molecular complexity index is 242. The monoisotopic (exact) mass is 206 g/mol. The number of hydrogen-bond donors (Lipinski definition) is 0. The number of ketones is 1. The third-order valence-corrected chi connectivity index (χ3v) is 3.91. The van der Waals surface area contributed by atoms with Crippen LogP contribution >= 0.6 is 0 Å². The standard InChI is InChI=1S/C14H22O/c15-14-11-7-3-5-9-12-8-4-1-2-6-10-13(12)14/h5,9,12-13H,1-4,6-8,10-11H2/t12-,13-/m0/s1. The molecule has 2 rings (SSSR count). The number of carbonyl (C=O) groups excluding carboxylic acids is 1. The summed E-state index contributed by atoms with van der Waals surface area (Å²) in [4.78, 5) is 12.0. The largest absolute Gasteiger partial charge is 0.299 e. The summed E-state index contributed by atoms with van der Waals surface area (Å²) < 4.78 is 0. The molecule has 0 amide bonds. The lowest BCUT2D eigenvalue weighted by Crippen LogP contribution is -2.24. The SMILES string of the molecule is O=C1CCCC=C[C@@H]2CCCCCC[C@H]12. The molecule has 0 aromatic heterocycles. The fourth-order valence-electron chi connectivity index (χ4n) is 2.99. The highest BCUT2D eigenvalue weighted by atomic mass is 16.1. The highest BCUT2D eigenvalue weighted by Gasteiger charge is 2.27. The van der Waals surface area contributed by atoms with E-state index in [1.54, 1.807) is 0 Å². The minimum absolute atomic E-state index is 0.363. The molecule has 0 spiro atoms. The van der Waals surface area contributed by atoms with Crippen molar-refractivity contribution in [1.29, 1.82) is 0 Å². The molecule has 15 heavy (non-hydrogen) atoms. The van der Waals surface area contributed by atoms with Gasteiger partial charge in [-0.1, -0.05) is 37.8 Å². The molecule has 0 heterocycles. The smallest absolute Gasteiger partial charge is 0.136 e. The van der Waals surface area contributed by atoms with Crippen LogP contribution in [0, 0.1) is 11.8 Å². The summed E-state index contributed by atoms with van der Waals surface area (Å²) in [5.74, 6) is 1.48. The van der Waals surface area contributed by atoms with Crippen molar-refractivity contribution in [2.45, 2.75) is 57.8 Å². The van der Waals surface area contributed by atoms with Crippen molar-refractivity contribution >= 4 is 5.78 Å². The molecule has 0 bridgehead atoms. The molecule has 0 radical (unpaired) electrons. The molecule has 0 aliphatic heterocycles. The second-order valence-electron chi connectivity index (χ2n) is 5.05. The molecule has 0 N–H and O–H groups in total. The van der Waals surface area contributed by atoms with Crippen LogP contribution in [0.4, 0.5) is 0 Å². The number of rotatable bonds is 0. The Balaban J connectivity index is 2.09. The Hall–Kier alpha value is -0.590. The molecular formula is C14H22O. The van der Waals surface area contributed by atoms with Crippen LogP contribution in [-0.4, -0.2) is 5.78 Å². The van der Waals surface area contributed by atoms with Gasteiger partial charge in [0.2, 0.25) is 0 Å². The van der Waals surface area contributed by atoms with Gasteiger partial charge in [0, 0.05) is 12.3 Å². The molecular weight excluding hydrogens is 184 g/mol. The summed E-state index contributed by atoms with van der Waals surface area (Å²) in [5.41, 5.74) is 0. The van der Waals surface area contributed by atoms with E-state index in [1.165, 1.54) is 32.1 Å². The number of hydrogen-bond acceptors (Lipinski definition) is 1. The molecule has 0 saturated heterocycles. The first-order chi connectivity index (χ1) is 7.38. The van der Waals surface area contributed by atoms with Crippen molar-refractivity contribution in [3.05, 3.63) is 12.2 Å². The second-order valence-corrected chi connectivity index (χ2v) is 5.05. The highest BCUT2D eigenvalue weighted by Crippen LogP contribution is 2.32. The van der Waals surface area contributed by atoms with Gasteiger partial charge in [0.05, 0.1) is 0 Å². The molecule has 1 saturated carbocycles. The van der Waals surface area contributed by atoms with E-state index in [-0.39, 0.29) is 0 Å². The van der Waals surface area contributed by atoms with Gasteiger partial charge in [-0.05, 0) is 31.6 Å². The second kappa shape index (κ2) is 5.48. The summed E-state index contributed by atoms with van der Waals surface area (Å²) in [6.07, 6.45) is 15.3. The summed E-state index contributed by atoms with van der Waals surface area (Å²) in [7, 11) is 0. The van der Waals surface area contributed by atoms with Crippen molar-refractivity contribution in [3.8, 4) is 0 Å². The molecule has 2 atom stereocenters. The molecule has 2 aliphatic rings. The predicted molar refractivity (Wildman–Crippen MR) is 62.7 cm³/mol. The predicted octanol–water partition coefficient (Wildman–Crippen LogP) is 3.88. The number of carbonyl (C=O) groups is 1. The van der Waals surface area contributed by atoms with Crippen LogP contribution < -0.4 is 0 Å². The lowest BCUT2D eigenvalue weighted by molar-refractivity contribution is -0.124. The minimum atomic E-state index is 0.363. The molecule has 1 nitrogen and oxygen atoms in total. The van der Waals surface area contributed by atoms with Gasteiger partial charge >= 0.3 is 0 Å². The van der Waals surface area contributed by atoms with Crippen molar-refractivity contribution < 1.29 is 4.79 Å². The summed E-state index contributed by atoms with van der Waals surface area (Å²) in [6, 6.07) is 0. The highest BCUT2D eigenvalue weighted by molar-refractivity contribution is 5.81. The zero-order chi connectivity index (χ0) is 10.5. The third kappa shape index (κ3) is 2.93.